The molecule has 0 unspecified atom stereocenters. The van der Waals surface area contributed by atoms with E-state index in [1.165, 1.54) is 5.69 Å². The molecule has 0 aliphatic carbocycles. The highest BCUT2D eigenvalue weighted by molar-refractivity contribution is 5.34. The van der Waals surface area contributed by atoms with E-state index in [2.05, 4.69) is 34.5 Å². The van der Waals surface area contributed by atoms with Gasteiger partial charge in [0.1, 0.15) is 5.82 Å². The fourth-order valence-electron chi connectivity index (χ4n) is 1.67. The molecule has 0 spiro atoms. The molecule has 0 aliphatic rings. The molecule has 1 N–H and O–H groups in total. The minimum atomic E-state index is 0.774. The van der Waals surface area contributed by atoms with Gasteiger partial charge >= 0.3 is 0 Å². The Hall–Kier alpha value is -1.84. The number of pyridine rings is 1. The molecule has 2 aromatic heterocycles. The van der Waals surface area contributed by atoms with Crippen LogP contribution >= 0.6 is 0 Å². The number of aromatic nitrogens is 3. The predicted molar refractivity (Wildman–Crippen MR) is 64.6 cm³/mol. The van der Waals surface area contributed by atoms with Crippen LogP contribution in [0.1, 0.15) is 17.0 Å². The van der Waals surface area contributed by atoms with E-state index in [1.807, 2.05) is 30.9 Å². The molecule has 0 fully saturated rings. The van der Waals surface area contributed by atoms with Gasteiger partial charge in [-0.1, -0.05) is 6.07 Å². The fourth-order valence-corrected chi connectivity index (χ4v) is 1.67. The van der Waals surface area contributed by atoms with Crippen LogP contribution in [0, 0.1) is 13.8 Å². The van der Waals surface area contributed by atoms with Crippen molar-refractivity contribution in [3.05, 3.63) is 41.3 Å². The van der Waals surface area contributed by atoms with E-state index >= 15 is 0 Å². The number of rotatable bonds is 3. The van der Waals surface area contributed by atoms with Crippen LogP contribution in [0.3, 0.4) is 0 Å². The smallest absolute Gasteiger partial charge is 0.125 e. The maximum Gasteiger partial charge on any atom is 0.125 e. The van der Waals surface area contributed by atoms with Crippen LogP contribution in [0.15, 0.2) is 24.4 Å². The van der Waals surface area contributed by atoms with Gasteiger partial charge in [-0.3, -0.25) is 4.68 Å². The first-order valence-corrected chi connectivity index (χ1v) is 5.33. The summed E-state index contributed by atoms with van der Waals surface area (Å²) in [5, 5.41) is 7.42. The summed E-state index contributed by atoms with van der Waals surface area (Å²) >= 11 is 0. The Kier molecular flexibility index (Phi) is 2.90. The fraction of sp³-hybridized carbons (Fsp3) is 0.333. The van der Waals surface area contributed by atoms with Crippen LogP contribution in [0.2, 0.25) is 0 Å². The molecular weight excluding hydrogens is 200 g/mol. The average Bonchev–Trinajstić information content (AvgIpc) is 2.59. The Morgan fingerprint density at radius 3 is 2.62 bits per heavy atom. The van der Waals surface area contributed by atoms with Crippen LogP contribution in [-0.2, 0) is 6.54 Å². The second kappa shape index (κ2) is 4.35. The first-order valence-electron chi connectivity index (χ1n) is 5.33. The van der Waals surface area contributed by atoms with Gasteiger partial charge in [0.2, 0.25) is 0 Å². The molecule has 0 radical (unpaired) electrons. The summed E-state index contributed by atoms with van der Waals surface area (Å²) in [7, 11) is 1.86. The van der Waals surface area contributed by atoms with Crippen LogP contribution in [0.25, 0.3) is 0 Å². The second-order valence-electron chi connectivity index (χ2n) is 3.89. The van der Waals surface area contributed by atoms with Crippen LogP contribution < -0.4 is 5.32 Å². The summed E-state index contributed by atoms with van der Waals surface area (Å²) < 4.78 is 1.99. The summed E-state index contributed by atoms with van der Waals surface area (Å²) in [6.07, 6.45) is 1.88. The van der Waals surface area contributed by atoms with Crippen molar-refractivity contribution in [2.75, 3.05) is 12.4 Å². The number of nitrogens with zero attached hydrogens (tertiary/aromatic N) is 3. The standard InChI is InChI=1S/C12H16N4/c1-9-6-10(2)16(15-9)8-11-4-5-12(13-3)14-7-11/h4-7H,8H2,1-3H3,(H,13,14). The average molecular weight is 216 g/mol. The molecule has 2 rings (SSSR count). The molecule has 0 saturated carbocycles. The van der Waals surface area contributed by atoms with E-state index in [0.29, 0.717) is 0 Å². The van der Waals surface area contributed by atoms with Gasteiger partial charge in [0.05, 0.1) is 12.2 Å². The molecule has 0 amide bonds. The largest absolute Gasteiger partial charge is 0.373 e. The van der Waals surface area contributed by atoms with Crippen LogP contribution in [0.5, 0.6) is 0 Å². The lowest BCUT2D eigenvalue weighted by Crippen LogP contribution is -2.04. The van der Waals surface area contributed by atoms with Gasteiger partial charge in [-0.05, 0) is 31.5 Å². The lowest BCUT2D eigenvalue weighted by Gasteiger charge is -2.05. The first-order chi connectivity index (χ1) is 7.69. The molecule has 0 bridgehead atoms. The summed E-state index contributed by atoms with van der Waals surface area (Å²) in [4.78, 5) is 4.28. The SMILES string of the molecule is CNc1ccc(Cn2nc(C)cc2C)cn1. The van der Waals surface area contributed by atoms with Gasteiger partial charge in [0.15, 0.2) is 0 Å². The van der Waals surface area contributed by atoms with Crippen molar-refractivity contribution in [2.45, 2.75) is 20.4 Å². The molecule has 16 heavy (non-hydrogen) atoms. The van der Waals surface area contributed by atoms with Gasteiger partial charge < -0.3 is 5.32 Å². The Morgan fingerprint density at radius 2 is 2.12 bits per heavy atom. The molecule has 84 valence electrons. The summed E-state index contributed by atoms with van der Waals surface area (Å²) in [6.45, 7) is 4.85. The van der Waals surface area contributed by atoms with Crippen molar-refractivity contribution < 1.29 is 0 Å². The lowest BCUT2D eigenvalue weighted by atomic mass is 10.3. The Balaban J connectivity index is 2.17. The number of nitrogens with one attached hydrogen (secondary N) is 1. The van der Waals surface area contributed by atoms with E-state index in [0.717, 1.165) is 23.6 Å². The van der Waals surface area contributed by atoms with Gasteiger partial charge in [-0.25, -0.2) is 4.98 Å². The first kappa shape index (κ1) is 10.7. The van der Waals surface area contributed by atoms with Crippen molar-refractivity contribution in [1.29, 1.82) is 0 Å². The zero-order chi connectivity index (χ0) is 11.5. The molecule has 0 saturated heterocycles. The predicted octanol–water partition coefficient (Wildman–Crippen LogP) is 1.98. The van der Waals surface area contributed by atoms with Crippen molar-refractivity contribution in [3.8, 4) is 0 Å². The Labute approximate surface area is 95.3 Å². The number of hydrogen-bond donors (Lipinski definition) is 1. The van der Waals surface area contributed by atoms with Crippen molar-refractivity contribution in [3.63, 3.8) is 0 Å². The quantitative estimate of drug-likeness (QED) is 0.853. The van der Waals surface area contributed by atoms with E-state index in [-0.39, 0.29) is 0 Å². The highest BCUT2D eigenvalue weighted by Gasteiger charge is 2.02. The van der Waals surface area contributed by atoms with Gasteiger partial charge in [0, 0.05) is 18.9 Å². The minimum absolute atomic E-state index is 0.774. The molecule has 0 atom stereocenters. The normalized spacial score (nSPS) is 10.4. The topological polar surface area (TPSA) is 42.7 Å². The van der Waals surface area contributed by atoms with E-state index < -0.39 is 0 Å². The number of aryl methyl sites for hydroxylation is 2. The molecule has 2 aromatic rings. The Bertz CT molecular complexity index is 470. The maximum atomic E-state index is 4.42. The zero-order valence-electron chi connectivity index (χ0n) is 9.86. The monoisotopic (exact) mass is 216 g/mol. The zero-order valence-corrected chi connectivity index (χ0v) is 9.86. The van der Waals surface area contributed by atoms with E-state index in [1.54, 1.807) is 0 Å². The van der Waals surface area contributed by atoms with Gasteiger partial charge in [-0.15, -0.1) is 0 Å². The van der Waals surface area contributed by atoms with Crippen molar-refractivity contribution in [2.24, 2.45) is 0 Å². The second-order valence-corrected chi connectivity index (χ2v) is 3.89. The summed E-state index contributed by atoms with van der Waals surface area (Å²) in [5.74, 6) is 0.886. The van der Waals surface area contributed by atoms with Gasteiger partial charge in [-0.2, -0.15) is 5.10 Å². The molecule has 4 heteroatoms. The third-order valence-corrected chi connectivity index (χ3v) is 2.52. The third kappa shape index (κ3) is 2.21. The Morgan fingerprint density at radius 1 is 1.31 bits per heavy atom. The highest BCUT2D eigenvalue weighted by Crippen LogP contribution is 2.08. The molecule has 2 heterocycles. The van der Waals surface area contributed by atoms with Gasteiger partial charge in [0.25, 0.3) is 0 Å². The van der Waals surface area contributed by atoms with E-state index in [9.17, 15) is 0 Å². The molecule has 0 aromatic carbocycles. The molecule has 4 nitrogen and oxygen atoms in total. The summed E-state index contributed by atoms with van der Waals surface area (Å²) in [5.41, 5.74) is 3.39. The van der Waals surface area contributed by atoms with Crippen molar-refractivity contribution >= 4 is 5.82 Å². The highest BCUT2D eigenvalue weighted by atomic mass is 15.3. The lowest BCUT2D eigenvalue weighted by molar-refractivity contribution is 0.657. The minimum Gasteiger partial charge on any atom is -0.373 e. The third-order valence-electron chi connectivity index (χ3n) is 2.52. The van der Waals surface area contributed by atoms with Crippen LogP contribution in [-0.4, -0.2) is 21.8 Å². The summed E-state index contributed by atoms with van der Waals surface area (Å²) in [6, 6.07) is 6.12. The van der Waals surface area contributed by atoms with Crippen molar-refractivity contribution in [1.82, 2.24) is 14.8 Å². The number of anilines is 1. The van der Waals surface area contributed by atoms with Crippen LogP contribution in [0.4, 0.5) is 5.82 Å². The molecule has 0 aliphatic heterocycles. The number of hydrogen-bond acceptors (Lipinski definition) is 3. The molecular formula is C12H16N4. The maximum absolute atomic E-state index is 4.42. The van der Waals surface area contributed by atoms with E-state index in [4.69, 9.17) is 0 Å².